The van der Waals surface area contributed by atoms with Crippen molar-refractivity contribution in [3.05, 3.63) is 78.5 Å². The van der Waals surface area contributed by atoms with E-state index in [-0.39, 0.29) is 11.6 Å². The molecule has 0 aliphatic rings. The van der Waals surface area contributed by atoms with E-state index in [1.807, 2.05) is 87.5 Å². The van der Waals surface area contributed by atoms with E-state index in [0.29, 0.717) is 25.2 Å². The highest BCUT2D eigenvalue weighted by Gasteiger charge is 2.17. The summed E-state index contributed by atoms with van der Waals surface area (Å²) in [6, 6.07) is 23.5. The zero-order chi connectivity index (χ0) is 24.8. The van der Waals surface area contributed by atoms with Gasteiger partial charge in [0.25, 0.3) is 5.91 Å². The zero-order valence-electron chi connectivity index (χ0n) is 20.1. The molecule has 4 aromatic rings. The first-order valence-electron chi connectivity index (χ1n) is 11.6. The van der Waals surface area contributed by atoms with Crippen LogP contribution in [-0.2, 0) is 4.74 Å². The molecule has 180 valence electrons. The van der Waals surface area contributed by atoms with E-state index in [1.54, 1.807) is 10.6 Å². The molecule has 0 saturated heterocycles. The van der Waals surface area contributed by atoms with Crippen molar-refractivity contribution >= 4 is 17.6 Å². The molecule has 2 aromatic heterocycles. The molecule has 8 nitrogen and oxygen atoms in total. The fourth-order valence-corrected chi connectivity index (χ4v) is 3.54. The number of rotatable bonds is 7. The van der Waals surface area contributed by atoms with Crippen LogP contribution in [0.2, 0.25) is 0 Å². The molecule has 4 rings (SSSR count). The Balaban J connectivity index is 1.49. The summed E-state index contributed by atoms with van der Waals surface area (Å²) < 4.78 is 6.90. The lowest BCUT2D eigenvalue weighted by atomic mass is 10.1. The van der Waals surface area contributed by atoms with E-state index in [2.05, 4.69) is 15.7 Å². The number of carbonyl (C=O) groups is 2. The molecule has 8 heteroatoms. The second-order valence-corrected chi connectivity index (χ2v) is 9.10. The van der Waals surface area contributed by atoms with E-state index >= 15 is 0 Å². The highest BCUT2D eigenvalue weighted by atomic mass is 16.6. The van der Waals surface area contributed by atoms with Crippen molar-refractivity contribution in [3.8, 4) is 22.5 Å². The largest absolute Gasteiger partial charge is 0.444 e. The molecule has 0 aliphatic heterocycles. The first-order valence-corrected chi connectivity index (χ1v) is 11.6. The van der Waals surface area contributed by atoms with Crippen LogP contribution in [0.25, 0.3) is 28.2 Å². The van der Waals surface area contributed by atoms with Crippen LogP contribution in [0.5, 0.6) is 0 Å². The second kappa shape index (κ2) is 10.4. The monoisotopic (exact) mass is 471 g/mol. The Kier molecular flexibility index (Phi) is 7.10. The number of aromatic nitrogens is 3. The number of nitrogens with one attached hydrogen (secondary N) is 2. The number of ether oxygens (including phenoxy) is 1. The zero-order valence-corrected chi connectivity index (χ0v) is 20.1. The molecule has 2 heterocycles. The average molecular weight is 472 g/mol. The Morgan fingerprint density at radius 2 is 1.51 bits per heavy atom. The molecular weight excluding hydrogens is 442 g/mol. The predicted octanol–water partition coefficient (Wildman–Crippen LogP) is 4.71. The van der Waals surface area contributed by atoms with Crippen molar-refractivity contribution in [2.45, 2.75) is 32.8 Å². The molecule has 0 radical (unpaired) electrons. The van der Waals surface area contributed by atoms with Gasteiger partial charge in [-0.2, -0.15) is 5.10 Å². The fraction of sp³-hybridized carbons (Fsp3) is 0.259. The summed E-state index contributed by atoms with van der Waals surface area (Å²) in [4.78, 5) is 29.2. The minimum absolute atomic E-state index is 0.278. The summed E-state index contributed by atoms with van der Waals surface area (Å²) in [5.41, 5.74) is 3.92. The average Bonchev–Trinajstić information content (AvgIpc) is 3.27. The quantitative estimate of drug-likeness (QED) is 0.381. The fourth-order valence-electron chi connectivity index (χ4n) is 3.54. The van der Waals surface area contributed by atoms with Crippen LogP contribution in [0.1, 0.15) is 37.7 Å². The van der Waals surface area contributed by atoms with E-state index in [1.165, 1.54) is 0 Å². The number of hydrogen-bond acceptors (Lipinski definition) is 5. The number of fused-ring (bicyclic) bond motifs is 1. The Morgan fingerprint density at radius 3 is 2.17 bits per heavy atom. The number of nitrogens with zero attached hydrogens (tertiary/aromatic N) is 3. The lowest BCUT2D eigenvalue weighted by Gasteiger charge is -2.19. The van der Waals surface area contributed by atoms with Gasteiger partial charge in [-0.05, 0) is 33.3 Å². The lowest BCUT2D eigenvalue weighted by molar-refractivity contribution is 0.0527. The molecule has 2 N–H and O–H groups in total. The third-order valence-corrected chi connectivity index (χ3v) is 5.11. The number of hydrogen-bond donors (Lipinski definition) is 2. The molecule has 0 atom stereocenters. The summed E-state index contributed by atoms with van der Waals surface area (Å²) in [5, 5.41) is 10.1. The molecular formula is C27H29N5O3. The van der Waals surface area contributed by atoms with Crippen molar-refractivity contribution in [2.24, 2.45) is 0 Å². The Bertz CT molecular complexity index is 1310. The van der Waals surface area contributed by atoms with Gasteiger partial charge in [0.15, 0.2) is 11.3 Å². The number of carbonyl (C=O) groups excluding carboxylic acids is 2. The van der Waals surface area contributed by atoms with Crippen LogP contribution >= 0.6 is 0 Å². The summed E-state index contributed by atoms with van der Waals surface area (Å²) in [5.74, 6) is -0.298. The van der Waals surface area contributed by atoms with Crippen molar-refractivity contribution in [3.63, 3.8) is 0 Å². The molecule has 2 aromatic carbocycles. The van der Waals surface area contributed by atoms with E-state index in [4.69, 9.17) is 9.72 Å². The van der Waals surface area contributed by atoms with Crippen LogP contribution in [0.15, 0.2) is 72.8 Å². The minimum Gasteiger partial charge on any atom is -0.444 e. The molecule has 0 bridgehead atoms. The van der Waals surface area contributed by atoms with Gasteiger partial charge in [-0.1, -0.05) is 60.7 Å². The third kappa shape index (κ3) is 6.23. The first kappa shape index (κ1) is 23.9. The molecule has 0 aliphatic carbocycles. The first-order chi connectivity index (χ1) is 16.8. The maximum Gasteiger partial charge on any atom is 0.407 e. The molecule has 0 spiro atoms. The van der Waals surface area contributed by atoms with Gasteiger partial charge in [0.2, 0.25) is 0 Å². The van der Waals surface area contributed by atoms with Crippen molar-refractivity contribution in [1.82, 2.24) is 25.2 Å². The lowest BCUT2D eigenvalue weighted by Crippen LogP contribution is -2.34. The molecule has 0 unspecified atom stereocenters. The number of benzene rings is 2. The topological polar surface area (TPSA) is 97.6 Å². The van der Waals surface area contributed by atoms with Crippen LogP contribution in [-0.4, -0.2) is 45.3 Å². The second-order valence-electron chi connectivity index (χ2n) is 9.10. The van der Waals surface area contributed by atoms with Crippen molar-refractivity contribution < 1.29 is 14.3 Å². The standard InChI is InChI=1S/C27H29N5O3/c1-27(2,3)35-26(34)29-16-10-15-28-25(33)22-18-24-30-21(19-11-6-4-7-12-19)17-23(32(24)31-22)20-13-8-5-9-14-20/h4-9,11-14,17-18H,10,15-16H2,1-3H3,(H,28,33)(H,29,34). The van der Waals surface area contributed by atoms with Crippen molar-refractivity contribution in [2.75, 3.05) is 13.1 Å². The number of alkyl carbamates (subject to hydrolysis) is 1. The molecule has 35 heavy (non-hydrogen) atoms. The van der Waals surface area contributed by atoms with Gasteiger partial charge in [0, 0.05) is 30.3 Å². The van der Waals surface area contributed by atoms with E-state index in [0.717, 1.165) is 22.5 Å². The maximum atomic E-state index is 12.8. The number of amides is 2. The van der Waals surface area contributed by atoms with Crippen LogP contribution in [0.3, 0.4) is 0 Å². The summed E-state index contributed by atoms with van der Waals surface area (Å²) in [6.45, 7) is 6.20. The van der Waals surface area contributed by atoms with Gasteiger partial charge in [-0.25, -0.2) is 14.3 Å². The van der Waals surface area contributed by atoms with Gasteiger partial charge in [-0.3, -0.25) is 4.79 Å². The summed E-state index contributed by atoms with van der Waals surface area (Å²) in [7, 11) is 0. The van der Waals surface area contributed by atoms with Gasteiger partial charge in [-0.15, -0.1) is 0 Å². The van der Waals surface area contributed by atoms with Gasteiger partial charge in [0.1, 0.15) is 5.60 Å². The van der Waals surface area contributed by atoms with Gasteiger partial charge < -0.3 is 15.4 Å². The SMILES string of the molecule is CC(C)(C)OC(=O)NCCCNC(=O)c1cc2nc(-c3ccccc3)cc(-c3ccccc3)n2n1. The normalized spacial score (nSPS) is 11.3. The Hall–Kier alpha value is -4.20. The predicted molar refractivity (Wildman–Crippen MR) is 135 cm³/mol. The summed E-state index contributed by atoms with van der Waals surface area (Å²) >= 11 is 0. The maximum absolute atomic E-state index is 12.8. The van der Waals surface area contributed by atoms with Gasteiger partial charge in [0.05, 0.1) is 11.4 Å². The van der Waals surface area contributed by atoms with Crippen molar-refractivity contribution in [1.29, 1.82) is 0 Å². The highest BCUT2D eigenvalue weighted by Crippen LogP contribution is 2.26. The van der Waals surface area contributed by atoms with Crippen LogP contribution in [0, 0.1) is 0 Å². The summed E-state index contributed by atoms with van der Waals surface area (Å²) in [6.07, 6.45) is 0.0854. The van der Waals surface area contributed by atoms with Crippen LogP contribution in [0.4, 0.5) is 4.79 Å². The molecule has 0 saturated carbocycles. The van der Waals surface area contributed by atoms with Gasteiger partial charge >= 0.3 is 6.09 Å². The van der Waals surface area contributed by atoms with E-state index < -0.39 is 11.7 Å². The molecule has 0 fully saturated rings. The smallest absolute Gasteiger partial charge is 0.407 e. The van der Waals surface area contributed by atoms with E-state index in [9.17, 15) is 9.59 Å². The Morgan fingerprint density at radius 1 is 0.886 bits per heavy atom. The minimum atomic E-state index is -0.547. The third-order valence-electron chi connectivity index (χ3n) is 5.11. The highest BCUT2D eigenvalue weighted by molar-refractivity contribution is 5.93. The molecule has 2 amide bonds. The Labute approximate surface area is 204 Å². The van der Waals surface area contributed by atoms with Crippen LogP contribution < -0.4 is 10.6 Å².